The minimum absolute atomic E-state index is 0.722. The Hall–Kier alpha value is -2.79. The Labute approximate surface area is 148 Å². The summed E-state index contributed by atoms with van der Waals surface area (Å²) in [5, 5.41) is 8.83. The smallest absolute Gasteiger partial charge is 0.187 e. The molecule has 0 radical (unpaired) electrons. The van der Waals surface area contributed by atoms with Crippen LogP contribution in [0.15, 0.2) is 83.5 Å². The molecule has 0 saturated carbocycles. The Morgan fingerprint density at radius 2 is 1.42 bits per heavy atom. The summed E-state index contributed by atoms with van der Waals surface area (Å²) in [6.07, 6.45) is 1.76. The molecular weight excluding hydrogens is 364 g/mol. The van der Waals surface area contributed by atoms with E-state index in [1.807, 2.05) is 77.4 Å². The van der Waals surface area contributed by atoms with Gasteiger partial charge in [0.15, 0.2) is 11.6 Å². The van der Waals surface area contributed by atoms with Crippen LogP contribution in [0.4, 0.5) is 0 Å². The number of benzene rings is 2. The van der Waals surface area contributed by atoms with Crippen LogP contribution in [0.2, 0.25) is 0 Å². The van der Waals surface area contributed by atoms with Gasteiger partial charge in [0, 0.05) is 21.9 Å². The van der Waals surface area contributed by atoms with Crippen LogP contribution in [0.5, 0.6) is 0 Å². The molecule has 0 aliphatic carbocycles. The molecule has 5 heteroatoms. The number of hydrogen-bond donors (Lipinski definition) is 0. The van der Waals surface area contributed by atoms with Crippen molar-refractivity contribution in [1.29, 1.82) is 0 Å². The van der Waals surface area contributed by atoms with Gasteiger partial charge in [0.25, 0.3) is 0 Å². The summed E-state index contributed by atoms with van der Waals surface area (Å²) in [4.78, 5) is 4.43. The van der Waals surface area contributed by atoms with Crippen LogP contribution in [0.25, 0.3) is 28.6 Å². The van der Waals surface area contributed by atoms with Gasteiger partial charge in [0.1, 0.15) is 5.69 Å². The molecule has 0 N–H and O–H groups in total. The van der Waals surface area contributed by atoms with Crippen molar-refractivity contribution < 1.29 is 0 Å². The zero-order valence-corrected chi connectivity index (χ0v) is 14.3. The van der Waals surface area contributed by atoms with Crippen molar-refractivity contribution in [3.63, 3.8) is 0 Å². The molecule has 0 saturated heterocycles. The molecule has 0 amide bonds. The van der Waals surface area contributed by atoms with E-state index in [-0.39, 0.29) is 0 Å². The first-order valence-electron chi connectivity index (χ1n) is 7.51. The molecule has 0 aliphatic rings. The predicted molar refractivity (Wildman–Crippen MR) is 97.7 cm³/mol. The number of halogens is 1. The molecule has 2 aromatic carbocycles. The van der Waals surface area contributed by atoms with Gasteiger partial charge < -0.3 is 0 Å². The molecule has 4 aromatic rings. The maximum Gasteiger partial charge on any atom is 0.187 e. The summed E-state index contributed by atoms with van der Waals surface area (Å²) < 4.78 is 3.06. The van der Waals surface area contributed by atoms with Crippen molar-refractivity contribution in [1.82, 2.24) is 19.7 Å². The van der Waals surface area contributed by atoms with Crippen molar-refractivity contribution in [2.45, 2.75) is 0 Å². The average molecular weight is 377 g/mol. The fourth-order valence-electron chi connectivity index (χ4n) is 2.55. The topological polar surface area (TPSA) is 43.6 Å². The highest BCUT2D eigenvalue weighted by Crippen LogP contribution is 2.28. The zero-order valence-electron chi connectivity index (χ0n) is 12.7. The molecule has 2 heterocycles. The standard InChI is InChI=1S/C19H13BrN4/c20-15-11-9-14(10-12-15)18-22-23-19(17-8-4-5-13-21-17)24(18)16-6-2-1-3-7-16/h1-13H. The molecule has 2 aromatic heterocycles. The quantitative estimate of drug-likeness (QED) is 0.517. The fourth-order valence-corrected chi connectivity index (χ4v) is 2.82. The summed E-state index contributed by atoms with van der Waals surface area (Å²) in [6, 6.07) is 23.9. The lowest BCUT2D eigenvalue weighted by Gasteiger charge is -2.10. The molecule has 0 aliphatic heterocycles. The highest BCUT2D eigenvalue weighted by atomic mass is 79.9. The molecule has 0 bridgehead atoms. The van der Waals surface area contributed by atoms with E-state index in [0.717, 1.165) is 33.1 Å². The van der Waals surface area contributed by atoms with Crippen molar-refractivity contribution >= 4 is 15.9 Å². The third-order valence-corrected chi connectivity index (χ3v) is 4.20. The normalized spacial score (nSPS) is 10.7. The van der Waals surface area contributed by atoms with Gasteiger partial charge in [-0.3, -0.25) is 9.55 Å². The van der Waals surface area contributed by atoms with E-state index >= 15 is 0 Å². The van der Waals surface area contributed by atoms with Gasteiger partial charge in [-0.2, -0.15) is 0 Å². The highest BCUT2D eigenvalue weighted by Gasteiger charge is 2.17. The third kappa shape index (κ3) is 2.74. The lowest BCUT2D eigenvalue weighted by molar-refractivity contribution is 1.06. The fraction of sp³-hybridized carbons (Fsp3) is 0. The number of aromatic nitrogens is 4. The minimum Gasteiger partial charge on any atom is -0.274 e. The second-order valence-electron chi connectivity index (χ2n) is 5.24. The Morgan fingerprint density at radius 3 is 2.12 bits per heavy atom. The van der Waals surface area contributed by atoms with Crippen molar-refractivity contribution in [2.75, 3.05) is 0 Å². The molecule has 0 fully saturated rings. The van der Waals surface area contributed by atoms with Gasteiger partial charge in [-0.15, -0.1) is 10.2 Å². The lowest BCUT2D eigenvalue weighted by atomic mass is 10.2. The van der Waals surface area contributed by atoms with Crippen LogP contribution in [-0.4, -0.2) is 19.7 Å². The molecule has 24 heavy (non-hydrogen) atoms. The second-order valence-corrected chi connectivity index (χ2v) is 6.16. The second kappa shape index (κ2) is 6.37. The van der Waals surface area contributed by atoms with Gasteiger partial charge in [-0.25, -0.2) is 0 Å². The van der Waals surface area contributed by atoms with E-state index in [2.05, 4.69) is 31.1 Å². The predicted octanol–water partition coefficient (Wildman–Crippen LogP) is 4.76. The maximum atomic E-state index is 4.43. The van der Waals surface area contributed by atoms with E-state index in [1.165, 1.54) is 0 Å². The minimum atomic E-state index is 0.722. The first-order chi connectivity index (χ1) is 11.8. The lowest BCUT2D eigenvalue weighted by Crippen LogP contribution is -2.00. The van der Waals surface area contributed by atoms with Crippen molar-refractivity contribution in [2.24, 2.45) is 0 Å². The Morgan fingerprint density at radius 1 is 0.708 bits per heavy atom. The summed E-state index contributed by atoms with van der Waals surface area (Å²) in [5.41, 5.74) is 2.79. The summed E-state index contributed by atoms with van der Waals surface area (Å²) in [7, 11) is 0. The van der Waals surface area contributed by atoms with Crippen LogP contribution in [0, 0.1) is 0 Å². The summed E-state index contributed by atoms with van der Waals surface area (Å²) in [6.45, 7) is 0. The number of nitrogens with zero attached hydrogens (tertiary/aromatic N) is 4. The monoisotopic (exact) mass is 376 g/mol. The third-order valence-electron chi connectivity index (χ3n) is 3.67. The number of pyridine rings is 1. The molecular formula is C19H13BrN4. The van der Waals surface area contributed by atoms with Crippen LogP contribution < -0.4 is 0 Å². The molecule has 4 nitrogen and oxygen atoms in total. The van der Waals surface area contributed by atoms with Gasteiger partial charge in [0.2, 0.25) is 0 Å². The van der Waals surface area contributed by atoms with Gasteiger partial charge >= 0.3 is 0 Å². The zero-order chi connectivity index (χ0) is 16.4. The number of para-hydroxylation sites is 1. The molecule has 0 spiro atoms. The van der Waals surface area contributed by atoms with Gasteiger partial charge in [-0.1, -0.05) is 52.3 Å². The Bertz CT molecular complexity index is 948. The molecule has 116 valence electrons. The highest BCUT2D eigenvalue weighted by molar-refractivity contribution is 9.10. The Balaban J connectivity index is 1.95. The summed E-state index contributed by atoms with van der Waals surface area (Å²) in [5.74, 6) is 1.51. The van der Waals surface area contributed by atoms with Crippen molar-refractivity contribution in [3.8, 4) is 28.6 Å². The van der Waals surface area contributed by atoms with Gasteiger partial charge in [0.05, 0.1) is 0 Å². The molecule has 0 atom stereocenters. The van der Waals surface area contributed by atoms with Gasteiger partial charge in [-0.05, 0) is 36.4 Å². The van der Waals surface area contributed by atoms with E-state index in [0.29, 0.717) is 0 Å². The Kier molecular flexibility index (Phi) is 3.92. The molecule has 4 rings (SSSR count). The SMILES string of the molecule is Brc1ccc(-c2nnc(-c3ccccn3)n2-c2ccccc2)cc1. The number of hydrogen-bond acceptors (Lipinski definition) is 3. The van der Waals surface area contributed by atoms with E-state index in [4.69, 9.17) is 0 Å². The first-order valence-corrected chi connectivity index (χ1v) is 8.30. The largest absolute Gasteiger partial charge is 0.274 e. The van der Waals surface area contributed by atoms with Crippen LogP contribution in [0.3, 0.4) is 0 Å². The molecule has 0 unspecified atom stereocenters. The van der Waals surface area contributed by atoms with E-state index in [9.17, 15) is 0 Å². The van der Waals surface area contributed by atoms with E-state index < -0.39 is 0 Å². The van der Waals surface area contributed by atoms with E-state index in [1.54, 1.807) is 6.20 Å². The van der Waals surface area contributed by atoms with Crippen molar-refractivity contribution in [3.05, 3.63) is 83.5 Å². The van der Waals surface area contributed by atoms with Crippen LogP contribution in [-0.2, 0) is 0 Å². The summed E-state index contributed by atoms with van der Waals surface area (Å²) >= 11 is 3.47. The average Bonchev–Trinajstić information content (AvgIpc) is 3.09. The van der Waals surface area contributed by atoms with Crippen LogP contribution >= 0.6 is 15.9 Å². The number of rotatable bonds is 3. The van der Waals surface area contributed by atoms with Crippen LogP contribution in [0.1, 0.15) is 0 Å². The maximum absolute atomic E-state index is 4.43. The first kappa shape index (κ1) is 14.8.